The van der Waals surface area contributed by atoms with E-state index < -0.39 is 5.97 Å². The number of carboxylic acids is 1. The lowest BCUT2D eigenvalue weighted by atomic mass is 9.84. The van der Waals surface area contributed by atoms with Crippen molar-refractivity contribution >= 4 is 22.6 Å². The van der Waals surface area contributed by atoms with Crippen LogP contribution in [-0.2, 0) is 13.0 Å². The van der Waals surface area contributed by atoms with E-state index in [-0.39, 0.29) is 5.56 Å². The number of imidazole rings is 1. The van der Waals surface area contributed by atoms with Crippen LogP contribution in [0.1, 0.15) is 48.4 Å². The fourth-order valence-electron chi connectivity index (χ4n) is 4.84. The number of carbonyl (C=O) groups is 1. The Bertz CT molecular complexity index is 1530. The Hall–Kier alpha value is -4.37. The summed E-state index contributed by atoms with van der Waals surface area (Å²) < 4.78 is 8.17. The number of aryl methyl sites for hydroxylation is 1. The van der Waals surface area contributed by atoms with Gasteiger partial charge in [-0.05, 0) is 54.7 Å². The van der Waals surface area contributed by atoms with Gasteiger partial charge in [0.05, 0.1) is 23.4 Å². The number of aromatic nitrogens is 2. The molecule has 5 rings (SSSR count). The third-order valence-corrected chi connectivity index (χ3v) is 6.47. The third-order valence-electron chi connectivity index (χ3n) is 6.47. The summed E-state index contributed by atoms with van der Waals surface area (Å²) in [7, 11) is 0. The highest BCUT2D eigenvalue weighted by atomic mass is 16.5. The number of benzene rings is 2. The summed E-state index contributed by atoms with van der Waals surface area (Å²) in [6.45, 7) is 4.52. The predicted octanol–water partition coefficient (Wildman–Crippen LogP) is 6.22. The minimum Gasteiger partial charge on any atom is -0.478 e. The van der Waals surface area contributed by atoms with Gasteiger partial charge in [-0.3, -0.25) is 0 Å². The maximum absolute atomic E-state index is 11.8. The molecule has 1 aliphatic carbocycles. The zero-order chi connectivity index (χ0) is 24.5. The van der Waals surface area contributed by atoms with Gasteiger partial charge in [0.1, 0.15) is 17.1 Å². The number of carboxylic acid groups (broad SMARTS) is 1. The highest BCUT2D eigenvalue weighted by molar-refractivity contribution is 6.01. The molecule has 35 heavy (non-hydrogen) atoms. The van der Waals surface area contributed by atoms with Crippen LogP contribution in [-0.4, -0.2) is 20.6 Å². The second kappa shape index (κ2) is 9.11. The molecule has 3 aromatic rings. The summed E-state index contributed by atoms with van der Waals surface area (Å²) >= 11 is 0. The van der Waals surface area contributed by atoms with Crippen molar-refractivity contribution < 1.29 is 14.6 Å². The van der Waals surface area contributed by atoms with Gasteiger partial charge in [-0.25, -0.2) is 9.78 Å². The van der Waals surface area contributed by atoms with E-state index in [0.29, 0.717) is 24.1 Å². The van der Waals surface area contributed by atoms with E-state index in [9.17, 15) is 15.2 Å². The number of rotatable bonds is 5. The summed E-state index contributed by atoms with van der Waals surface area (Å²) in [6.07, 6.45) is 8.29. The fraction of sp³-hybridized carbons (Fsp3) is 0.207. The fourth-order valence-corrected chi connectivity index (χ4v) is 4.84. The van der Waals surface area contributed by atoms with Crippen molar-refractivity contribution in [3.05, 3.63) is 100 Å². The Morgan fingerprint density at radius 2 is 2.03 bits per heavy atom. The number of ether oxygens (including phenoxy) is 1. The van der Waals surface area contributed by atoms with Crippen LogP contribution in [0, 0.1) is 11.3 Å². The third kappa shape index (κ3) is 3.95. The molecule has 0 bridgehead atoms. The number of allylic oxidation sites excluding steroid dienone is 7. The summed E-state index contributed by atoms with van der Waals surface area (Å²) in [4.78, 5) is 16.5. The van der Waals surface area contributed by atoms with Gasteiger partial charge in [-0.1, -0.05) is 43.3 Å². The molecule has 174 valence electrons. The number of aromatic carboxylic acids is 1. The van der Waals surface area contributed by atoms with Gasteiger partial charge in [-0.2, -0.15) is 5.26 Å². The lowest BCUT2D eigenvalue weighted by Gasteiger charge is -2.20. The number of nitriles is 1. The Balaban J connectivity index is 1.59. The van der Waals surface area contributed by atoms with Gasteiger partial charge in [0, 0.05) is 29.7 Å². The molecule has 2 heterocycles. The summed E-state index contributed by atoms with van der Waals surface area (Å²) in [5.41, 5.74) is 7.18. The van der Waals surface area contributed by atoms with Crippen molar-refractivity contribution in [3.63, 3.8) is 0 Å². The largest absolute Gasteiger partial charge is 0.478 e. The van der Waals surface area contributed by atoms with Crippen molar-refractivity contribution in [1.82, 2.24) is 9.55 Å². The first-order chi connectivity index (χ1) is 17.0. The second-order valence-electron chi connectivity index (χ2n) is 8.79. The molecule has 6 heteroatoms. The van der Waals surface area contributed by atoms with Crippen molar-refractivity contribution in [2.45, 2.75) is 39.7 Å². The topological polar surface area (TPSA) is 88.1 Å². The summed E-state index contributed by atoms with van der Waals surface area (Å²) in [5.74, 6) is 0.639. The van der Waals surface area contributed by atoms with Crippen LogP contribution in [0.5, 0.6) is 5.75 Å². The van der Waals surface area contributed by atoms with Crippen molar-refractivity contribution in [3.8, 4) is 11.8 Å². The van der Waals surface area contributed by atoms with E-state index >= 15 is 0 Å². The molecule has 1 N–H and O–H groups in total. The quantitative estimate of drug-likeness (QED) is 0.454. The molecule has 0 unspecified atom stereocenters. The molecule has 0 saturated carbocycles. The number of fused-ring (bicyclic) bond motifs is 3. The number of hydrogen-bond donors (Lipinski definition) is 1. The van der Waals surface area contributed by atoms with E-state index in [1.54, 1.807) is 18.4 Å². The van der Waals surface area contributed by atoms with E-state index in [4.69, 9.17) is 9.72 Å². The number of nitrogens with zero attached hydrogens (tertiary/aromatic N) is 3. The number of para-hydroxylation sites is 2. The molecule has 0 radical (unpaired) electrons. The first-order valence-electron chi connectivity index (χ1n) is 11.7. The molecule has 2 aliphatic rings. The minimum atomic E-state index is -0.972. The summed E-state index contributed by atoms with van der Waals surface area (Å²) in [5, 5.41) is 19.3. The van der Waals surface area contributed by atoms with E-state index in [0.717, 1.165) is 57.8 Å². The van der Waals surface area contributed by atoms with E-state index in [1.165, 1.54) is 0 Å². The molecule has 6 nitrogen and oxygen atoms in total. The first-order valence-corrected chi connectivity index (χ1v) is 11.7. The zero-order valence-electron chi connectivity index (χ0n) is 19.7. The highest BCUT2D eigenvalue weighted by Gasteiger charge is 2.25. The average Bonchev–Trinajstić information content (AvgIpc) is 3.11. The van der Waals surface area contributed by atoms with Gasteiger partial charge in [0.25, 0.3) is 0 Å². The minimum absolute atomic E-state index is 0.220. The van der Waals surface area contributed by atoms with Crippen molar-refractivity contribution in [2.24, 2.45) is 0 Å². The smallest absolute Gasteiger partial charge is 0.337 e. The molecular formula is C29H25N3O3. The first kappa shape index (κ1) is 22.4. The normalized spacial score (nSPS) is 16.1. The molecular weight excluding hydrogens is 438 g/mol. The Kier molecular flexibility index (Phi) is 5.84. The standard InChI is InChI=1S/C29H25N3O3/c1-3-7-26-31-28-23(29(33)34)9-6-10-24(28)32(26)16-19-12-13-21-20(14-19)17-35-25-11-5-4-8-22(25)27(21)18(2)15-30/h4-6,8-13,17H,3,7,14,16H2,1-2H3,(H,33,34)/b27-18+. The van der Waals surface area contributed by atoms with Gasteiger partial charge in [0.15, 0.2) is 0 Å². The van der Waals surface area contributed by atoms with Gasteiger partial charge < -0.3 is 14.4 Å². The molecule has 0 atom stereocenters. The van der Waals surface area contributed by atoms with Crippen LogP contribution in [0.25, 0.3) is 16.6 Å². The Morgan fingerprint density at radius 1 is 1.20 bits per heavy atom. The SMILES string of the molecule is CCCc1nc2c(C(=O)O)cccc2n1CC1=CC=C2C(=COc3ccccc3/C2=C(\C)C#N)C1. The van der Waals surface area contributed by atoms with E-state index in [1.807, 2.05) is 37.3 Å². The van der Waals surface area contributed by atoms with E-state index in [2.05, 4.69) is 29.7 Å². The molecule has 0 saturated heterocycles. The lowest BCUT2D eigenvalue weighted by Crippen LogP contribution is -2.10. The van der Waals surface area contributed by atoms with Crippen LogP contribution < -0.4 is 4.74 Å². The molecule has 1 aliphatic heterocycles. The second-order valence-corrected chi connectivity index (χ2v) is 8.79. The monoisotopic (exact) mass is 463 g/mol. The maximum Gasteiger partial charge on any atom is 0.337 e. The van der Waals surface area contributed by atoms with Crippen LogP contribution in [0.2, 0.25) is 0 Å². The average molecular weight is 464 g/mol. The van der Waals surface area contributed by atoms with Gasteiger partial charge in [0.2, 0.25) is 0 Å². The van der Waals surface area contributed by atoms with Crippen LogP contribution >= 0.6 is 0 Å². The van der Waals surface area contributed by atoms with Crippen LogP contribution in [0.4, 0.5) is 0 Å². The molecule has 0 amide bonds. The van der Waals surface area contributed by atoms with Crippen molar-refractivity contribution in [2.75, 3.05) is 0 Å². The lowest BCUT2D eigenvalue weighted by molar-refractivity contribution is 0.0699. The van der Waals surface area contributed by atoms with Crippen LogP contribution in [0.3, 0.4) is 0 Å². The molecule has 1 aromatic heterocycles. The molecule has 0 spiro atoms. The zero-order valence-corrected chi connectivity index (χ0v) is 19.7. The Labute approximate surface area is 203 Å². The van der Waals surface area contributed by atoms with Gasteiger partial charge in [-0.15, -0.1) is 0 Å². The molecule has 0 fully saturated rings. The van der Waals surface area contributed by atoms with Crippen LogP contribution in [0.15, 0.2) is 83.2 Å². The molecule has 2 aromatic carbocycles. The Morgan fingerprint density at radius 3 is 2.80 bits per heavy atom. The van der Waals surface area contributed by atoms with Gasteiger partial charge >= 0.3 is 5.97 Å². The maximum atomic E-state index is 11.8. The predicted molar refractivity (Wildman–Crippen MR) is 135 cm³/mol. The van der Waals surface area contributed by atoms with Crippen molar-refractivity contribution in [1.29, 1.82) is 5.26 Å². The highest BCUT2D eigenvalue weighted by Crippen LogP contribution is 2.43. The number of hydrogen-bond acceptors (Lipinski definition) is 4. The summed E-state index contributed by atoms with van der Waals surface area (Å²) in [6, 6.07) is 15.4.